The van der Waals surface area contributed by atoms with Crippen LogP contribution in [-0.4, -0.2) is 22.3 Å². The molecular formula is C12H13NO4. The van der Waals surface area contributed by atoms with E-state index >= 15 is 0 Å². The Morgan fingerprint density at radius 1 is 1.53 bits per heavy atom. The first-order chi connectivity index (χ1) is 8.06. The van der Waals surface area contributed by atoms with Gasteiger partial charge in [-0.25, -0.2) is 0 Å². The average Bonchev–Trinajstić information content (AvgIpc) is 3.06. The summed E-state index contributed by atoms with van der Waals surface area (Å²) in [7, 11) is 0. The number of carboxylic acid groups (broad SMARTS) is 1. The molecule has 0 amide bonds. The third-order valence-corrected chi connectivity index (χ3v) is 2.13. The largest absolute Gasteiger partial charge is 0.481 e. The van der Waals surface area contributed by atoms with Crippen molar-refractivity contribution in [2.24, 2.45) is 0 Å². The van der Waals surface area contributed by atoms with E-state index in [0.717, 1.165) is 11.5 Å². The van der Waals surface area contributed by atoms with Crippen LogP contribution >= 0.6 is 0 Å². The van der Waals surface area contributed by atoms with Crippen LogP contribution in [-0.2, 0) is 4.79 Å². The second-order valence-corrected chi connectivity index (χ2v) is 3.54. The maximum atomic E-state index is 9.81. The Morgan fingerprint density at radius 2 is 2.24 bits per heavy atom. The molecule has 0 saturated carbocycles. The van der Waals surface area contributed by atoms with E-state index in [0.29, 0.717) is 12.0 Å². The lowest BCUT2D eigenvalue weighted by atomic mass is 10.2. The fourth-order valence-corrected chi connectivity index (χ4v) is 1.08. The van der Waals surface area contributed by atoms with Crippen LogP contribution in [0, 0.1) is 11.3 Å². The number of nitriles is 1. The number of hydrogen-bond acceptors (Lipinski definition) is 4. The molecule has 5 nitrogen and oxygen atoms in total. The highest BCUT2D eigenvalue weighted by Gasteiger charge is 2.18. The molecule has 0 aliphatic carbocycles. The summed E-state index contributed by atoms with van der Waals surface area (Å²) in [6.07, 6.45) is -0.310. The van der Waals surface area contributed by atoms with Crippen molar-refractivity contribution in [3.63, 3.8) is 0 Å². The zero-order chi connectivity index (χ0) is 12.8. The van der Waals surface area contributed by atoms with Crippen molar-refractivity contribution >= 4 is 5.97 Å². The number of carboxylic acids is 1. The average molecular weight is 235 g/mol. The first kappa shape index (κ1) is 13.0. The lowest BCUT2D eigenvalue weighted by Crippen LogP contribution is -2.10. The summed E-state index contributed by atoms with van der Waals surface area (Å²) in [5.41, 5.74) is 0.659. The first-order valence-electron chi connectivity index (χ1n) is 5.18. The molecule has 0 bridgehead atoms. The minimum atomic E-state index is -0.945. The fourth-order valence-electron chi connectivity index (χ4n) is 1.08. The fraction of sp³-hybridized carbons (Fsp3) is 0.333. The van der Waals surface area contributed by atoms with Crippen LogP contribution in [0.15, 0.2) is 18.2 Å². The van der Waals surface area contributed by atoms with Crippen LogP contribution in [0.25, 0.3) is 0 Å². The van der Waals surface area contributed by atoms with E-state index in [4.69, 9.17) is 20.2 Å². The van der Waals surface area contributed by atoms with Gasteiger partial charge in [0, 0.05) is 6.07 Å². The molecule has 5 heteroatoms. The summed E-state index contributed by atoms with van der Waals surface area (Å²) in [6.45, 7) is 1.74. The van der Waals surface area contributed by atoms with Crippen molar-refractivity contribution in [3.05, 3.63) is 23.8 Å². The van der Waals surface area contributed by atoms with Gasteiger partial charge in [-0.05, 0) is 18.6 Å². The summed E-state index contributed by atoms with van der Waals surface area (Å²) in [6, 6.07) is 7.29. The minimum absolute atomic E-state index is 0.142. The van der Waals surface area contributed by atoms with Crippen LogP contribution in [0.4, 0.5) is 0 Å². The molecular weight excluding hydrogens is 222 g/mol. The van der Waals surface area contributed by atoms with Gasteiger partial charge in [0.15, 0.2) is 11.5 Å². The molecule has 0 saturated heterocycles. The number of aliphatic hydroxyl groups is 1. The standard InChI is InChI=1S/C7H3NO.C5H10O3/c8-4-5-1-2-6-7(3-5)9-6;1-2-4(6)3-5(7)8/h1-3H;4,6H,2-3H2,1H3,(H,7,8). The number of benzene rings is 1. The second kappa shape index (κ2) is 5.87. The molecule has 1 aromatic carbocycles. The topological polar surface area (TPSA) is 93.8 Å². The Bertz CT molecular complexity index is 450. The quantitative estimate of drug-likeness (QED) is 0.792. The monoisotopic (exact) mass is 235 g/mol. The molecule has 1 heterocycles. The Kier molecular flexibility index (Phi) is 4.49. The van der Waals surface area contributed by atoms with E-state index in [1.54, 1.807) is 25.1 Å². The Balaban J connectivity index is 0.000000172. The van der Waals surface area contributed by atoms with Crippen LogP contribution in [0.5, 0.6) is 11.5 Å². The minimum Gasteiger partial charge on any atom is -0.481 e. The molecule has 1 aromatic rings. The second-order valence-electron chi connectivity index (χ2n) is 3.54. The zero-order valence-corrected chi connectivity index (χ0v) is 9.38. The zero-order valence-electron chi connectivity index (χ0n) is 9.38. The first-order valence-corrected chi connectivity index (χ1v) is 5.18. The predicted molar refractivity (Wildman–Crippen MR) is 59.8 cm³/mol. The van der Waals surface area contributed by atoms with Crippen molar-refractivity contribution < 1.29 is 19.7 Å². The molecule has 2 N–H and O–H groups in total. The molecule has 90 valence electrons. The van der Waals surface area contributed by atoms with E-state index in [1.807, 2.05) is 6.07 Å². The highest BCUT2D eigenvalue weighted by molar-refractivity contribution is 5.67. The number of nitrogens with zero attached hydrogens (tertiary/aromatic N) is 1. The molecule has 1 unspecified atom stereocenters. The van der Waals surface area contributed by atoms with Gasteiger partial charge in [-0.1, -0.05) is 6.92 Å². The number of carbonyl (C=O) groups is 1. The van der Waals surface area contributed by atoms with Crippen molar-refractivity contribution in [2.75, 3.05) is 0 Å². The summed E-state index contributed by atoms with van der Waals surface area (Å²) in [5.74, 6) is 0.794. The normalized spacial score (nSPS) is 12.1. The molecule has 0 aromatic heterocycles. The van der Waals surface area contributed by atoms with E-state index in [9.17, 15) is 4.79 Å². The Labute approximate surface area is 98.9 Å². The van der Waals surface area contributed by atoms with Crippen molar-refractivity contribution in [3.8, 4) is 17.6 Å². The SMILES string of the molecule is CCC(O)CC(=O)O.N#Cc1ccc2c(c1)O2. The summed E-state index contributed by atoms with van der Waals surface area (Å²) in [4.78, 5) is 9.81. The van der Waals surface area contributed by atoms with E-state index in [1.165, 1.54) is 0 Å². The van der Waals surface area contributed by atoms with Crippen LogP contribution in [0.1, 0.15) is 25.3 Å². The van der Waals surface area contributed by atoms with Gasteiger partial charge in [-0.3, -0.25) is 4.79 Å². The maximum Gasteiger partial charge on any atom is 0.305 e. The van der Waals surface area contributed by atoms with Gasteiger partial charge in [0.05, 0.1) is 24.2 Å². The number of hydrogen-bond donors (Lipinski definition) is 2. The molecule has 0 radical (unpaired) electrons. The highest BCUT2D eigenvalue weighted by Crippen LogP contribution is 2.44. The Morgan fingerprint density at radius 3 is 2.65 bits per heavy atom. The lowest BCUT2D eigenvalue weighted by Gasteiger charge is -2.00. The number of aliphatic hydroxyl groups excluding tert-OH is 1. The molecule has 0 spiro atoms. The van der Waals surface area contributed by atoms with Gasteiger partial charge in [-0.15, -0.1) is 0 Å². The third kappa shape index (κ3) is 4.53. The lowest BCUT2D eigenvalue weighted by molar-refractivity contribution is -0.139. The smallest absolute Gasteiger partial charge is 0.305 e. The maximum absolute atomic E-state index is 9.81. The van der Waals surface area contributed by atoms with Gasteiger partial charge < -0.3 is 14.9 Å². The van der Waals surface area contributed by atoms with Crippen LogP contribution < -0.4 is 4.74 Å². The summed E-state index contributed by atoms with van der Waals surface area (Å²) in [5, 5.41) is 25.1. The third-order valence-electron chi connectivity index (χ3n) is 2.13. The number of fused-ring (bicyclic) bond motifs is 1. The highest BCUT2D eigenvalue weighted by atomic mass is 16.6. The van der Waals surface area contributed by atoms with E-state index < -0.39 is 12.1 Å². The van der Waals surface area contributed by atoms with E-state index in [2.05, 4.69) is 0 Å². The molecule has 1 aliphatic rings. The van der Waals surface area contributed by atoms with Gasteiger partial charge >= 0.3 is 5.97 Å². The van der Waals surface area contributed by atoms with Gasteiger partial charge in [0.25, 0.3) is 0 Å². The number of aliphatic carboxylic acids is 1. The van der Waals surface area contributed by atoms with Gasteiger partial charge in [-0.2, -0.15) is 5.26 Å². The predicted octanol–water partition coefficient (Wildman–Crippen LogP) is 1.90. The van der Waals surface area contributed by atoms with Gasteiger partial charge in [0.2, 0.25) is 0 Å². The van der Waals surface area contributed by atoms with Crippen molar-refractivity contribution in [2.45, 2.75) is 25.9 Å². The molecule has 0 fully saturated rings. The van der Waals surface area contributed by atoms with Crippen LogP contribution in [0.2, 0.25) is 0 Å². The molecule has 1 atom stereocenters. The molecule has 2 rings (SSSR count). The molecule has 1 aliphatic heterocycles. The van der Waals surface area contributed by atoms with Gasteiger partial charge in [0.1, 0.15) is 0 Å². The summed E-state index contributed by atoms with van der Waals surface area (Å²) >= 11 is 0. The summed E-state index contributed by atoms with van der Waals surface area (Å²) < 4.78 is 4.93. The molecule has 17 heavy (non-hydrogen) atoms. The van der Waals surface area contributed by atoms with Crippen LogP contribution in [0.3, 0.4) is 0 Å². The van der Waals surface area contributed by atoms with Crippen molar-refractivity contribution in [1.82, 2.24) is 0 Å². The number of ether oxygens (including phenoxy) is 1. The number of rotatable bonds is 3. The van der Waals surface area contributed by atoms with E-state index in [-0.39, 0.29) is 6.42 Å². The van der Waals surface area contributed by atoms with Crippen molar-refractivity contribution in [1.29, 1.82) is 5.26 Å². The Hall–Kier alpha value is -2.06.